The molecule has 9 aromatic carbocycles. The van der Waals surface area contributed by atoms with Crippen LogP contribution in [0, 0.1) is 6.92 Å². The predicted molar refractivity (Wildman–Crippen MR) is 346 cm³/mol. The van der Waals surface area contributed by atoms with Crippen LogP contribution in [0.5, 0.6) is 0 Å². The molecule has 0 radical (unpaired) electrons. The topological polar surface area (TPSA) is 6.48 Å². The highest BCUT2D eigenvalue weighted by Gasteiger charge is 2.48. The molecule has 78 heavy (non-hydrogen) atoms. The zero-order valence-electron chi connectivity index (χ0n) is 44.7. The third-order valence-corrected chi connectivity index (χ3v) is 21.0. The van der Waals surface area contributed by atoms with Crippen LogP contribution in [-0.4, -0.2) is 6.71 Å². The van der Waals surface area contributed by atoms with Gasteiger partial charge in [-0.05, 0) is 158 Å². The van der Waals surface area contributed by atoms with Crippen molar-refractivity contribution in [2.24, 2.45) is 0 Å². The lowest BCUT2D eigenvalue weighted by Crippen LogP contribution is -2.59. The normalized spacial score (nSPS) is 13.2. The van der Waals surface area contributed by atoms with Crippen LogP contribution >= 0.6 is 45.3 Å². The Balaban J connectivity index is 1.05. The summed E-state index contributed by atoms with van der Waals surface area (Å²) >= 11 is 7.73. The number of benzene rings is 9. The summed E-state index contributed by atoms with van der Waals surface area (Å²) in [4.78, 5) is 7.93. The fourth-order valence-corrected chi connectivity index (χ4v) is 17.0. The molecule has 6 heterocycles. The van der Waals surface area contributed by atoms with Gasteiger partial charge < -0.3 is 9.80 Å². The minimum Gasteiger partial charge on any atom is -0.309 e. The molecule has 0 spiro atoms. The quantitative estimate of drug-likeness (QED) is 0.153. The van der Waals surface area contributed by atoms with E-state index in [9.17, 15) is 0 Å². The van der Waals surface area contributed by atoms with Gasteiger partial charge in [0.15, 0.2) is 0 Å². The van der Waals surface area contributed by atoms with E-state index >= 15 is 0 Å². The Morgan fingerprint density at radius 2 is 0.782 bits per heavy atom. The zero-order chi connectivity index (χ0) is 52.8. The van der Waals surface area contributed by atoms with Gasteiger partial charge in [0.05, 0.1) is 22.7 Å². The van der Waals surface area contributed by atoms with Crippen LogP contribution in [0.4, 0.5) is 34.1 Å². The molecule has 15 rings (SSSR count). The van der Waals surface area contributed by atoms with Crippen LogP contribution in [0.3, 0.4) is 0 Å². The lowest BCUT2D eigenvalue weighted by atomic mass is 9.39. The fourth-order valence-electron chi connectivity index (χ4n) is 12.3. The molecule has 0 amide bonds. The first-order chi connectivity index (χ1) is 37.8. The Bertz CT molecular complexity index is 4210. The van der Waals surface area contributed by atoms with Crippen molar-refractivity contribution in [1.82, 2.24) is 0 Å². The maximum atomic E-state index is 2.69. The second-order valence-electron chi connectivity index (χ2n) is 23.4. The van der Waals surface area contributed by atoms with Gasteiger partial charge in [-0.25, -0.2) is 0 Å². The van der Waals surface area contributed by atoms with Gasteiger partial charge in [0, 0.05) is 71.4 Å². The summed E-state index contributed by atoms with van der Waals surface area (Å²) in [5.74, 6) is 0. The van der Waals surface area contributed by atoms with Crippen LogP contribution in [0.25, 0.3) is 83.5 Å². The highest BCUT2D eigenvalue weighted by molar-refractivity contribution is 7.40. The Morgan fingerprint density at radius 3 is 1.21 bits per heavy atom. The molecular weight excluding hydrogens is 1020 g/mol. The summed E-state index contributed by atoms with van der Waals surface area (Å²) in [6.45, 7) is 16.4. The van der Waals surface area contributed by atoms with Gasteiger partial charge in [0.25, 0.3) is 6.71 Å². The van der Waals surface area contributed by atoms with E-state index in [0.717, 1.165) is 0 Å². The van der Waals surface area contributed by atoms with Gasteiger partial charge in [0.2, 0.25) is 0 Å². The van der Waals surface area contributed by atoms with E-state index < -0.39 is 0 Å². The van der Waals surface area contributed by atoms with E-state index in [4.69, 9.17) is 0 Å². The van der Waals surface area contributed by atoms with Gasteiger partial charge in [0.1, 0.15) is 0 Å². The molecule has 2 aliphatic rings. The summed E-state index contributed by atoms with van der Waals surface area (Å²) in [5, 5.41) is 5.19. The molecule has 0 fully saturated rings. The Morgan fingerprint density at radius 1 is 0.359 bits per heavy atom. The number of rotatable bonds is 6. The van der Waals surface area contributed by atoms with Crippen molar-refractivity contribution >= 4 is 142 Å². The van der Waals surface area contributed by atoms with Gasteiger partial charge >= 0.3 is 0 Å². The predicted octanol–water partition coefficient (Wildman–Crippen LogP) is 20.2. The number of fused-ring (bicyclic) bond motifs is 10. The summed E-state index contributed by atoms with van der Waals surface area (Å²) in [7, 11) is 0. The van der Waals surface area contributed by atoms with Crippen molar-refractivity contribution < 1.29 is 0 Å². The van der Waals surface area contributed by atoms with Crippen molar-refractivity contribution in [3.63, 3.8) is 0 Å². The Kier molecular flexibility index (Phi) is 10.9. The largest absolute Gasteiger partial charge is 0.309 e. The van der Waals surface area contributed by atoms with Crippen LogP contribution in [0.2, 0.25) is 0 Å². The van der Waals surface area contributed by atoms with E-state index in [2.05, 4.69) is 265 Å². The van der Waals surface area contributed by atoms with E-state index in [-0.39, 0.29) is 17.5 Å². The van der Waals surface area contributed by atoms with E-state index in [1.807, 2.05) is 45.3 Å². The number of hydrogen-bond acceptors (Lipinski definition) is 6. The minimum absolute atomic E-state index is 0.00457. The Labute approximate surface area is 473 Å². The summed E-state index contributed by atoms with van der Waals surface area (Å²) in [6.07, 6.45) is 0. The molecule has 376 valence electrons. The minimum atomic E-state index is -0.0387. The second kappa shape index (κ2) is 17.8. The van der Waals surface area contributed by atoms with Crippen molar-refractivity contribution in [3.05, 3.63) is 223 Å². The lowest BCUT2D eigenvalue weighted by molar-refractivity contribution is 0.591. The summed E-state index contributed by atoms with van der Waals surface area (Å²) in [5.41, 5.74) is 19.9. The summed E-state index contributed by atoms with van der Waals surface area (Å²) < 4.78 is 8.04. The van der Waals surface area contributed by atoms with Crippen LogP contribution in [-0.2, 0) is 10.8 Å². The van der Waals surface area contributed by atoms with Gasteiger partial charge in [-0.1, -0.05) is 163 Å². The third kappa shape index (κ3) is 7.61. The molecule has 0 unspecified atom stereocenters. The highest BCUT2D eigenvalue weighted by atomic mass is 32.1. The van der Waals surface area contributed by atoms with Gasteiger partial charge in [-0.15, -0.1) is 45.3 Å². The highest BCUT2D eigenvalue weighted by Crippen LogP contribution is 2.55. The maximum absolute atomic E-state index is 2.69. The second-order valence-corrected chi connectivity index (χ2v) is 27.7. The number of thiophene rings is 4. The maximum Gasteiger partial charge on any atom is 0.277 e. The van der Waals surface area contributed by atoms with Gasteiger partial charge in [-0.2, -0.15) is 0 Å². The molecule has 0 bridgehead atoms. The summed E-state index contributed by atoms with van der Waals surface area (Å²) in [6, 6.07) is 78.7. The smallest absolute Gasteiger partial charge is 0.277 e. The molecule has 0 aliphatic carbocycles. The Hall–Kier alpha value is -7.52. The van der Waals surface area contributed by atoms with Crippen LogP contribution in [0.15, 0.2) is 206 Å². The SMILES string of the molecule is Cc1cc2c3c(c1)N(c1ccc(-c4cc5ccccc5s4)cc1-c1ccccc1)c1c(sc4ccc(C(C)(C)C)cc14)B3c1sc3ccc(C(C)(C)C)cc3c1N2c1ccc(-c2cc3ccccc3s2)cc1-c1ccccc1. The number of hydrogen-bond donors (Lipinski definition) is 0. The number of aryl methyl sites for hydroxylation is 1. The molecule has 0 saturated heterocycles. The first-order valence-electron chi connectivity index (χ1n) is 27.1. The van der Waals surface area contributed by atoms with E-state index in [1.165, 1.54) is 149 Å². The molecule has 7 heteroatoms. The molecule has 2 aliphatic heterocycles. The molecule has 2 nitrogen and oxygen atoms in total. The molecule has 4 aromatic heterocycles. The average Bonchev–Trinajstić information content (AvgIpc) is 3.34. The van der Waals surface area contributed by atoms with Crippen molar-refractivity contribution in [1.29, 1.82) is 0 Å². The van der Waals surface area contributed by atoms with Gasteiger partial charge in [-0.3, -0.25) is 0 Å². The first kappa shape index (κ1) is 47.7. The van der Waals surface area contributed by atoms with Crippen LogP contribution < -0.4 is 24.8 Å². The van der Waals surface area contributed by atoms with E-state index in [0.29, 0.717) is 0 Å². The standard InChI is InChI=1S/C71H55BN2S4/c1-42-34-57-65-58(35-42)74(56-31-27-48(37-52(56)44-20-12-9-13-21-44)64-39-46-23-15-17-25-60(46)76-64)67-54-41-50(71(5,6)7)29-33-62(54)78-69(67)72(65)68-66(53-40-49(70(2,3)4)28-32-61(53)77-68)73(57)55-30-26-47(36-51(55)43-18-10-8-11-19-43)63-38-45-22-14-16-24-59(45)75-63/h8-41H,1-7H3. The fraction of sp³-hybridized carbons (Fsp3) is 0.127. The van der Waals surface area contributed by atoms with Crippen molar-refractivity contribution in [3.8, 4) is 43.1 Å². The average molecular weight is 1080 g/mol. The zero-order valence-corrected chi connectivity index (χ0v) is 48.0. The van der Waals surface area contributed by atoms with Crippen molar-refractivity contribution in [2.75, 3.05) is 9.80 Å². The van der Waals surface area contributed by atoms with Crippen molar-refractivity contribution in [2.45, 2.75) is 59.3 Å². The molecule has 0 N–H and O–H groups in total. The molecule has 0 atom stereocenters. The van der Waals surface area contributed by atoms with E-state index in [1.54, 1.807) is 0 Å². The first-order valence-corrected chi connectivity index (χ1v) is 30.3. The third-order valence-electron chi connectivity index (χ3n) is 16.2. The lowest BCUT2D eigenvalue weighted by Gasteiger charge is -2.43. The van der Waals surface area contributed by atoms with Crippen LogP contribution in [0.1, 0.15) is 58.2 Å². The molecular formula is C71H55BN2S4. The number of anilines is 6. The monoisotopic (exact) mass is 1070 g/mol. The molecule has 13 aromatic rings. The molecule has 0 saturated carbocycles. The number of nitrogens with zero attached hydrogens (tertiary/aromatic N) is 2.